The number of hydrogen-bond donors (Lipinski definition) is 1. The van der Waals surface area contributed by atoms with Gasteiger partial charge in [-0.05, 0) is 56.5 Å². The van der Waals surface area contributed by atoms with E-state index in [2.05, 4.69) is 84.1 Å². The van der Waals surface area contributed by atoms with Crippen LogP contribution in [0.15, 0.2) is 30.5 Å². The Hall–Kier alpha value is -1.59. The second kappa shape index (κ2) is 20.4. The van der Waals surface area contributed by atoms with Crippen molar-refractivity contribution >= 4 is 38.3 Å². The van der Waals surface area contributed by atoms with Gasteiger partial charge in [0.05, 0.1) is 5.92 Å². The molecule has 2 heterocycles. The summed E-state index contributed by atoms with van der Waals surface area (Å²) < 4.78 is 0. The van der Waals surface area contributed by atoms with Crippen LogP contribution in [0.3, 0.4) is 0 Å². The number of unbranched alkanes of at least 4 members (excludes halogenated alkanes) is 15. The number of hydrogen-bond acceptors (Lipinski definition) is 2. The van der Waals surface area contributed by atoms with E-state index in [1.54, 1.807) is 0 Å². The molecule has 2 atom stereocenters. The van der Waals surface area contributed by atoms with Gasteiger partial charge < -0.3 is 9.88 Å². The number of fused-ring (bicyclic) bond motifs is 2. The maximum atomic E-state index is 12.9. The van der Waals surface area contributed by atoms with Crippen molar-refractivity contribution in [2.75, 3.05) is 32.0 Å². The van der Waals surface area contributed by atoms with Gasteiger partial charge in [0.1, 0.15) is 0 Å². The van der Waals surface area contributed by atoms with Crippen molar-refractivity contribution in [3.63, 3.8) is 0 Å². The fourth-order valence-electron chi connectivity index (χ4n) is 7.02. The molecule has 1 N–H and O–H groups in total. The van der Waals surface area contributed by atoms with E-state index in [4.69, 9.17) is 0 Å². The number of carbonyl (C=O) groups excluding carboxylic acids is 1. The number of nitrogens with zero attached hydrogens (tertiary/aromatic N) is 2. The number of carbonyl (C=O) groups is 1. The van der Waals surface area contributed by atoms with Crippen LogP contribution in [0.5, 0.6) is 0 Å². The lowest BCUT2D eigenvalue weighted by molar-refractivity contribution is -0.134. The average Bonchev–Trinajstić information content (AvgIpc) is 3.44. The quantitative estimate of drug-likeness (QED) is 0.121. The van der Waals surface area contributed by atoms with E-state index < -0.39 is 0 Å². The second-order valence-electron chi connectivity index (χ2n) is 12.9. The summed E-state index contributed by atoms with van der Waals surface area (Å²) in [4.78, 5) is 20.6. The molecule has 1 aliphatic carbocycles. The first-order valence-corrected chi connectivity index (χ1v) is 19.0. The topological polar surface area (TPSA) is 39.3 Å². The Balaban J connectivity index is 0.000000244. The third kappa shape index (κ3) is 11.1. The van der Waals surface area contributed by atoms with Crippen LogP contribution in [0.25, 0.3) is 16.5 Å². The number of benzene rings is 1. The summed E-state index contributed by atoms with van der Waals surface area (Å²) in [6, 6.07) is 6.82. The van der Waals surface area contributed by atoms with E-state index in [0.717, 1.165) is 26.1 Å². The summed E-state index contributed by atoms with van der Waals surface area (Å²) in [5.41, 5.74) is 5.21. The smallest absolute Gasteiger partial charge is 0.230 e. The number of nitrogens with one attached hydrogen (secondary N) is 1. The molecule has 2 aromatic rings. The van der Waals surface area contributed by atoms with Crippen molar-refractivity contribution in [2.24, 2.45) is 5.92 Å². The number of aromatic amines is 1. The van der Waals surface area contributed by atoms with Gasteiger partial charge in [-0.1, -0.05) is 137 Å². The lowest BCUT2D eigenvalue weighted by Crippen LogP contribution is -2.47. The molecule has 0 saturated carbocycles. The van der Waals surface area contributed by atoms with Crippen molar-refractivity contribution in [3.05, 3.63) is 41.6 Å². The van der Waals surface area contributed by atoms with Crippen molar-refractivity contribution in [1.29, 1.82) is 0 Å². The Morgan fingerprint density at radius 3 is 1.95 bits per heavy atom. The van der Waals surface area contributed by atoms with Gasteiger partial charge >= 0.3 is 0 Å². The highest BCUT2D eigenvalue weighted by atomic mass is 79.9. The van der Waals surface area contributed by atoms with Gasteiger partial charge in [-0.2, -0.15) is 0 Å². The molecule has 4 nitrogen and oxygen atoms in total. The van der Waals surface area contributed by atoms with Crippen LogP contribution in [-0.2, 0) is 11.2 Å². The second-order valence-corrected chi connectivity index (χ2v) is 13.7. The van der Waals surface area contributed by atoms with Crippen LogP contribution >= 0.6 is 15.9 Å². The minimum atomic E-state index is -0.0445. The zero-order valence-corrected chi connectivity index (χ0v) is 29.7. The number of H-pyrrole nitrogens is 1. The van der Waals surface area contributed by atoms with E-state index in [9.17, 15) is 4.79 Å². The first-order chi connectivity index (χ1) is 21.0. The molecule has 2 aliphatic rings. The molecule has 0 spiro atoms. The molecule has 4 rings (SSSR count). The molecular formula is C38H62BrN3O. The van der Waals surface area contributed by atoms with Crippen LogP contribution in [0.2, 0.25) is 0 Å². The lowest BCUT2D eigenvalue weighted by Gasteiger charge is -2.40. The average molecular weight is 657 g/mol. The third-order valence-corrected chi connectivity index (χ3v) is 10.2. The van der Waals surface area contributed by atoms with E-state index >= 15 is 0 Å². The van der Waals surface area contributed by atoms with Crippen LogP contribution < -0.4 is 0 Å². The zero-order valence-electron chi connectivity index (χ0n) is 28.1. The number of halogens is 1. The molecule has 242 valence electrons. The maximum absolute atomic E-state index is 12.9. The third-order valence-electron chi connectivity index (χ3n) is 9.65. The molecule has 1 aromatic heterocycles. The zero-order chi connectivity index (χ0) is 30.9. The lowest BCUT2D eigenvalue weighted by atomic mass is 9.79. The van der Waals surface area contributed by atoms with E-state index in [0.29, 0.717) is 6.04 Å². The van der Waals surface area contributed by atoms with E-state index in [-0.39, 0.29) is 11.8 Å². The molecule has 1 aromatic carbocycles. The van der Waals surface area contributed by atoms with Crippen molar-refractivity contribution in [3.8, 4) is 0 Å². The minimum absolute atomic E-state index is 0.0445. The number of amides is 1. The number of rotatable bonds is 19. The van der Waals surface area contributed by atoms with Gasteiger partial charge in [0.25, 0.3) is 0 Å². The summed E-state index contributed by atoms with van der Waals surface area (Å²) in [7, 11) is 2.15. The van der Waals surface area contributed by atoms with Crippen molar-refractivity contribution < 1.29 is 4.79 Å². The standard InChI is InChI=1S/C20H25N3O.C18H37Br/c1-4-23(5-2)20(24)14-9-16-15-7-6-8-17-19(15)13(11-21-17)10-18(16)22(3)12-14;1-2-3-4-5-6-7-8-9-10-11-12-13-14-15-16-17-18-19/h6-9,11,14,18,21H,4-5,10,12H2,1-3H3;2-18H2,1H3/t14-,18-;/m1./s1. The molecule has 1 aliphatic heterocycles. The predicted molar refractivity (Wildman–Crippen MR) is 191 cm³/mol. The SMILES string of the molecule is CCCCCCCCCCCCCCCCCCBr.CCN(CC)C(=O)[C@@H]1C=C2c3cccc4[nH]cc(c34)C[C@H]2N(C)C1. The molecule has 0 fully saturated rings. The van der Waals surface area contributed by atoms with Gasteiger partial charge in [-0.15, -0.1) is 0 Å². The first-order valence-electron chi connectivity index (χ1n) is 17.9. The normalized spacial score (nSPS) is 17.7. The highest BCUT2D eigenvalue weighted by Crippen LogP contribution is 2.41. The Kier molecular flexibility index (Phi) is 17.1. The van der Waals surface area contributed by atoms with Crippen LogP contribution in [0.1, 0.15) is 135 Å². The number of likely N-dealkylation sites (N-methyl/N-ethyl adjacent to an activating group) is 1. The molecule has 43 heavy (non-hydrogen) atoms. The predicted octanol–water partition coefficient (Wildman–Crippen LogP) is 10.5. The molecule has 0 bridgehead atoms. The Bertz CT molecular complexity index is 1070. The van der Waals surface area contributed by atoms with Gasteiger partial charge in [0.2, 0.25) is 5.91 Å². The summed E-state index contributed by atoms with van der Waals surface area (Å²) in [5.74, 6) is 0.210. The molecule has 0 saturated heterocycles. The molecule has 5 heteroatoms. The van der Waals surface area contributed by atoms with Gasteiger partial charge in [-0.25, -0.2) is 0 Å². The molecule has 0 radical (unpaired) electrons. The summed E-state index contributed by atoms with van der Waals surface area (Å²) in [6.07, 6.45) is 28.7. The molecular weight excluding hydrogens is 594 g/mol. The van der Waals surface area contributed by atoms with Crippen LogP contribution in [0, 0.1) is 5.92 Å². The van der Waals surface area contributed by atoms with E-state index in [1.165, 1.54) is 136 Å². The Morgan fingerprint density at radius 2 is 1.42 bits per heavy atom. The molecule has 0 unspecified atom stereocenters. The van der Waals surface area contributed by atoms with Crippen LogP contribution in [0.4, 0.5) is 0 Å². The highest BCUT2D eigenvalue weighted by Gasteiger charge is 2.36. The minimum Gasteiger partial charge on any atom is -0.361 e. The summed E-state index contributed by atoms with van der Waals surface area (Å²) >= 11 is 3.49. The van der Waals surface area contributed by atoms with Gasteiger partial charge in [0.15, 0.2) is 0 Å². The summed E-state index contributed by atoms with van der Waals surface area (Å²) in [5, 5.41) is 2.52. The monoisotopic (exact) mass is 655 g/mol. The maximum Gasteiger partial charge on any atom is 0.230 e. The van der Waals surface area contributed by atoms with Crippen LogP contribution in [-0.4, -0.2) is 58.7 Å². The number of aromatic nitrogens is 1. The Labute approximate surface area is 272 Å². The Morgan fingerprint density at radius 1 is 0.860 bits per heavy atom. The van der Waals surface area contributed by atoms with E-state index in [1.807, 2.05) is 4.90 Å². The van der Waals surface area contributed by atoms with Gasteiger partial charge in [-0.3, -0.25) is 9.69 Å². The fourth-order valence-corrected chi connectivity index (χ4v) is 7.41. The highest BCUT2D eigenvalue weighted by molar-refractivity contribution is 9.09. The van der Waals surface area contributed by atoms with Crippen molar-refractivity contribution in [1.82, 2.24) is 14.8 Å². The summed E-state index contributed by atoms with van der Waals surface area (Å²) in [6.45, 7) is 8.76. The van der Waals surface area contributed by atoms with Gasteiger partial charge in [0, 0.05) is 48.1 Å². The fraction of sp³-hybridized carbons (Fsp3) is 0.711. The molecule has 1 amide bonds. The van der Waals surface area contributed by atoms with Crippen molar-refractivity contribution in [2.45, 2.75) is 136 Å². The first kappa shape index (κ1) is 35.9. The largest absolute Gasteiger partial charge is 0.361 e. The number of alkyl halides is 1.